The maximum absolute atomic E-state index is 15.5. The fraction of sp³-hybridized carbons (Fsp3) is 0.344. The first-order valence-electron chi connectivity index (χ1n) is 13.5. The van der Waals surface area contributed by atoms with Crippen LogP contribution in [-0.2, 0) is 12.8 Å². The Morgan fingerprint density at radius 3 is 2.42 bits per heavy atom. The third-order valence-electron chi connectivity index (χ3n) is 7.88. The summed E-state index contributed by atoms with van der Waals surface area (Å²) in [6.07, 6.45) is -0.174. The van der Waals surface area contributed by atoms with Crippen molar-refractivity contribution in [1.82, 2.24) is 4.90 Å². The second kappa shape index (κ2) is 12.1. The van der Waals surface area contributed by atoms with Gasteiger partial charge in [-0.05, 0) is 95.2 Å². The SMILES string of the molecule is O=C(O)c1ccc2c(c1F)CCCC(c1ccc(Cl)cc1C(F)F)=C2c1ccc(CC2CN(CCCF)C2)cc1. The van der Waals surface area contributed by atoms with Crippen LogP contribution < -0.4 is 0 Å². The van der Waals surface area contributed by atoms with Crippen LogP contribution in [0, 0.1) is 11.7 Å². The minimum atomic E-state index is -2.76. The van der Waals surface area contributed by atoms with Crippen LogP contribution in [0.25, 0.3) is 11.1 Å². The molecule has 40 heavy (non-hydrogen) atoms. The van der Waals surface area contributed by atoms with E-state index in [0.29, 0.717) is 47.5 Å². The van der Waals surface area contributed by atoms with Gasteiger partial charge in [-0.1, -0.05) is 48.0 Å². The van der Waals surface area contributed by atoms with Crippen LogP contribution in [0.1, 0.15) is 69.4 Å². The van der Waals surface area contributed by atoms with Gasteiger partial charge in [0.1, 0.15) is 5.82 Å². The quantitative estimate of drug-likeness (QED) is 0.263. The highest BCUT2D eigenvalue weighted by Gasteiger charge is 2.28. The van der Waals surface area contributed by atoms with Gasteiger partial charge in [-0.15, -0.1) is 0 Å². The second-order valence-corrected chi connectivity index (χ2v) is 11.0. The first kappa shape index (κ1) is 28.4. The van der Waals surface area contributed by atoms with E-state index in [-0.39, 0.29) is 29.2 Å². The number of carbonyl (C=O) groups is 1. The number of carboxylic acid groups (broad SMARTS) is 1. The zero-order chi connectivity index (χ0) is 28.4. The van der Waals surface area contributed by atoms with Crippen molar-refractivity contribution in [3.63, 3.8) is 0 Å². The number of alkyl halides is 3. The molecule has 5 rings (SSSR count). The standard InChI is InChI=1S/C32H30ClF4NO2/c33-22-9-10-23(28(16-22)31(36)37)24-3-1-4-26-25(11-12-27(30(26)35)32(39)40)29(24)21-7-5-19(6-8-21)15-20-17-38(18-20)14-2-13-34/h5-12,16,20,31H,1-4,13-15,17-18H2,(H,39,40). The lowest BCUT2D eigenvalue weighted by Gasteiger charge is -2.39. The molecular formula is C32H30ClF4NO2. The molecule has 1 heterocycles. The number of hydrogen-bond donors (Lipinski definition) is 1. The molecule has 0 amide bonds. The van der Waals surface area contributed by atoms with Gasteiger partial charge in [0.15, 0.2) is 0 Å². The van der Waals surface area contributed by atoms with Gasteiger partial charge in [-0.25, -0.2) is 18.0 Å². The van der Waals surface area contributed by atoms with E-state index in [4.69, 9.17) is 11.6 Å². The van der Waals surface area contributed by atoms with Crippen molar-refractivity contribution in [2.45, 2.75) is 38.5 Å². The normalized spacial score (nSPS) is 16.1. The molecule has 210 valence electrons. The molecule has 8 heteroatoms. The molecule has 0 bridgehead atoms. The Balaban J connectivity index is 1.58. The molecule has 0 radical (unpaired) electrons. The Bertz CT molecular complexity index is 1430. The van der Waals surface area contributed by atoms with Crippen LogP contribution in [0.3, 0.4) is 0 Å². The largest absolute Gasteiger partial charge is 0.478 e. The molecule has 3 nitrogen and oxygen atoms in total. The number of carboxylic acids is 1. The molecule has 0 aromatic heterocycles. The molecule has 1 aliphatic heterocycles. The van der Waals surface area contributed by atoms with Crippen molar-refractivity contribution < 1.29 is 27.5 Å². The van der Waals surface area contributed by atoms with E-state index < -0.39 is 23.8 Å². The van der Waals surface area contributed by atoms with Gasteiger partial charge < -0.3 is 10.0 Å². The van der Waals surface area contributed by atoms with E-state index in [1.165, 1.54) is 12.1 Å². The van der Waals surface area contributed by atoms with Gasteiger partial charge in [0.05, 0.1) is 12.2 Å². The summed E-state index contributed by atoms with van der Waals surface area (Å²) in [5, 5.41) is 9.70. The molecule has 1 saturated heterocycles. The lowest BCUT2D eigenvalue weighted by Crippen LogP contribution is -2.47. The van der Waals surface area contributed by atoms with Crippen LogP contribution in [0.4, 0.5) is 17.6 Å². The number of nitrogens with zero attached hydrogens (tertiary/aromatic N) is 1. The Kier molecular flexibility index (Phi) is 8.62. The summed E-state index contributed by atoms with van der Waals surface area (Å²) in [4.78, 5) is 13.9. The molecule has 0 atom stereocenters. The number of hydrogen-bond acceptors (Lipinski definition) is 2. The first-order valence-corrected chi connectivity index (χ1v) is 13.9. The van der Waals surface area contributed by atoms with Crippen molar-refractivity contribution >= 4 is 28.7 Å². The van der Waals surface area contributed by atoms with Crippen molar-refractivity contribution in [2.24, 2.45) is 5.92 Å². The van der Waals surface area contributed by atoms with Crippen molar-refractivity contribution in [3.8, 4) is 0 Å². The Labute approximate surface area is 236 Å². The molecule has 2 aliphatic rings. The van der Waals surface area contributed by atoms with Crippen LogP contribution in [0.2, 0.25) is 5.02 Å². The minimum Gasteiger partial charge on any atom is -0.478 e. The molecule has 0 spiro atoms. The summed E-state index contributed by atoms with van der Waals surface area (Å²) in [5.41, 5.74) is 3.72. The van der Waals surface area contributed by atoms with Gasteiger partial charge in [0.25, 0.3) is 6.43 Å². The van der Waals surface area contributed by atoms with Gasteiger partial charge in [0, 0.05) is 30.2 Å². The number of halogens is 5. The number of allylic oxidation sites excluding steroid dienone is 1. The van der Waals surface area contributed by atoms with Crippen LogP contribution in [0.15, 0.2) is 54.6 Å². The average Bonchev–Trinajstić information content (AvgIpc) is 3.10. The summed E-state index contributed by atoms with van der Waals surface area (Å²) in [7, 11) is 0. The van der Waals surface area contributed by atoms with E-state index in [0.717, 1.165) is 37.2 Å². The molecule has 1 aliphatic carbocycles. The van der Waals surface area contributed by atoms with Crippen molar-refractivity contribution in [2.75, 3.05) is 26.3 Å². The lowest BCUT2D eigenvalue weighted by molar-refractivity contribution is 0.0691. The Morgan fingerprint density at radius 2 is 1.75 bits per heavy atom. The zero-order valence-corrected chi connectivity index (χ0v) is 22.7. The predicted molar refractivity (Wildman–Crippen MR) is 149 cm³/mol. The van der Waals surface area contributed by atoms with E-state index in [9.17, 15) is 23.1 Å². The van der Waals surface area contributed by atoms with E-state index in [2.05, 4.69) is 4.90 Å². The first-order chi connectivity index (χ1) is 19.3. The Hall–Kier alpha value is -3.16. The second-order valence-electron chi connectivity index (χ2n) is 10.6. The van der Waals surface area contributed by atoms with Crippen LogP contribution in [-0.4, -0.2) is 42.3 Å². The molecular weight excluding hydrogens is 542 g/mol. The number of benzene rings is 3. The number of likely N-dealkylation sites (tertiary alicyclic amines) is 1. The highest BCUT2D eigenvalue weighted by Crippen LogP contribution is 2.43. The highest BCUT2D eigenvalue weighted by molar-refractivity contribution is 6.30. The van der Waals surface area contributed by atoms with Crippen molar-refractivity contribution in [1.29, 1.82) is 0 Å². The fourth-order valence-electron chi connectivity index (χ4n) is 6.00. The summed E-state index contributed by atoms with van der Waals surface area (Å²) in [5.74, 6) is -1.64. The number of aromatic carboxylic acids is 1. The van der Waals surface area contributed by atoms with Gasteiger partial charge >= 0.3 is 5.97 Å². The maximum atomic E-state index is 15.5. The van der Waals surface area contributed by atoms with Gasteiger partial charge in [-0.3, -0.25) is 4.39 Å². The van der Waals surface area contributed by atoms with Gasteiger partial charge in [-0.2, -0.15) is 0 Å². The van der Waals surface area contributed by atoms with Crippen LogP contribution in [0.5, 0.6) is 0 Å². The molecule has 0 unspecified atom stereocenters. The maximum Gasteiger partial charge on any atom is 0.338 e. The molecule has 3 aromatic carbocycles. The van der Waals surface area contributed by atoms with E-state index in [1.807, 2.05) is 24.3 Å². The molecule has 1 N–H and O–H groups in total. The third-order valence-corrected chi connectivity index (χ3v) is 8.11. The predicted octanol–water partition coefficient (Wildman–Crippen LogP) is 8.24. The fourth-order valence-corrected chi connectivity index (χ4v) is 6.18. The molecule has 3 aromatic rings. The van der Waals surface area contributed by atoms with Crippen LogP contribution >= 0.6 is 11.6 Å². The third kappa shape index (κ3) is 5.81. The highest BCUT2D eigenvalue weighted by atomic mass is 35.5. The zero-order valence-electron chi connectivity index (χ0n) is 21.9. The minimum absolute atomic E-state index is 0.190. The van der Waals surface area contributed by atoms with Crippen molar-refractivity contribution in [3.05, 3.63) is 104 Å². The average molecular weight is 572 g/mol. The van der Waals surface area contributed by atoms with Gasteiger partial charge in [0.2, 0.25) is 0 Å². The summed E-state index contributed by atoms with van der Waals surface area (Å²) in [6, 6.07) is 15.1. The Morgan fingerprint density at radius 1 is 1.02 bits per heavy atom. The number of rotatable bonds is 9. The molecule has 1 fully saturated rings. The summed E-state index contributed by atoms with van der Waals surface area (Å²) < 4.78 is 56.3. The van der Waals surface area contributed by atoms with E-state index in [1.54, 1.807) is 18.2 Å². The van der Waals surface area contributed by atoms with E-state index >= 15 is 4.39 Å². The molecule has 0 saturated carbocycles. The topological polar surface area (TPSA) is 40.5 Å². The smallest absolute Gasteiger partial charge is 0.338 e. The number of fused-ring (bicyclic) bond motifs is 1. The summed E-state index contributed by atoms with van der Waals surface area (Å²) >= 11 is 6.07. The monoisotopic (exact) mass is 571 g/mol. The lowest BCUT2D eigenvalue weighted by atomic mass is 9.85. The summed E-state index contributed by atoms with van der Waals surface area (Å²) in [6.45, 7) is 2.33.